The van der Waals surface area contributed by atoms with Crippen LogP contribution in [0.15, 0.2) is 22.7 Å². The number of nitro benzene ring substituents is 1. The number of nitro groups is 1. The zero-order chi connectivity index (χ0) is 15.4. The van der Waals surface area contributed by atoms with Crippen LogP contribution in [-0.4, -0.2) is 36.8 Å². The smallest absolute Gasteiger partial charge is 0.287 e. The highest BCUT2D eigenvalue weighted by Gasteiger charge is 2.43. The lowest BCUT2D eigenvalue weighted by Crippen LogP contribution is -2.60. The van der Waals surface area contributed by atoms with Gasteiger partial charge in [-0.1, -0.05) is 13.0 Å². The van der Waals surface area contributed by atoms with Crippen molar-refractivity contribution in [3.05, 3.63) is 32.8 Å². The Hall–Kier alpha value is -1.18. The molecule has 1 aliphatic carbocycles. The predicted octanol–water partition coefficient (Wildman–Crippen LogP) is 2.89. The summed E-state index contributed by atoms with van der Waals surface area (Å²) in [5, 5.41) is 14.1. The molecule has 116 valence electrons. The Morgan fingerprint density at radius 3 is 2.90 bits per heavy atom. The Kier molecular flexibility index (Phi) is 5.55. The monoisotopic (exact) mass is 358 g/mol. The molecule has 0 aromatic heterocycles. The van der Waals surface area contributed by atoms with Crippen molar-refractivity contribution in [2.24, 2.45) is 0 Å². The van der Waals surface area contributed by atoms with E-state index in [1.807, 2.05) is 7.05 Å². The lowest BCUT2D eigenvalue weighted by Gasteiger charge is -2.43. The molecule has 0 bridgehead atoms. The minimum absolute atomic E-state index is 0.00279. The number of nitrogens with one attached hydrogen (secondary N) is 1. The zero-order valence-electron chi connectivity index (χ0n) is 12.0. The molecule has 2 rings (SSSR count). The largest absolute Gasteiger partial charge is 0.486 e. The van der Waals surface area contributed by atoms with E-state index in [4.69, 9.17) is 9.47 Å². The van der Waals surface area contributed by atoms with Crippen molar-refractivity contribution in [1.29, 1.82) is 0 Å². The summed E-state index contributed by atoms with van der Waals surface area (Å²) in [4.78, 5) is 10.5. The number of ether oxygens (including phenoxy) is 2. The van der Waals surface area contributed by atoms with Gasteiger partial charge in [0.15, 0.2) is 0 Å². The van der Waals surface area contributed by atoms with Crippen molar-refractivity contribution < 1.29 is 14.4 Å². The summed E-state index contributed by atoms with van der Waals surface area (Å²) in [5.41, 5.74) is 0.00279. The van der Waals surface area contributed by atoms with Gasteiger partial charge >= 0.3 is 0 Å². The van der Waals surface area contributed by atoms with E-state index < -0.39 is 4.92 Å². The van der Waals surface area contributed by atoms with Crippen LogP contribution in [0.2, 0.25) is 0 Å². The Morgan fingerprint density at radius 2 is 2.29 bits per heavy atom. The van der Waals surface area contributed by atoms with E-state index in [2.05, 4.69) is 28.2 Å². The number of hydrogen-bond acceptors (Lipinski definition) is 5. The zero-order valence-corrected chi connectivity index (χ0v) is 13.6. The van der Waals surface area contributed by atoms with Gasteiger partial charge in [0.25, 0.3) is 5.69 Å². The number of benzene rings is 1. The minimum atomic E-state index is -0.431. The molecule has 3 atom stereocenters. The van der Waals surface area contributed by atoms with Crippen molar-refractivity contribution in [2.45, 2.75) is 38.0 Å². The van der Waals surface area contributed by atoms with Gasteiger partial charge < -0.3 is 14.8 Å². The van der Waals surface area contributed by atoms with Gasteiger partial charge in [-0.25, -0.2) is 0 Å². The van der Waals surface area contributed by atoms with Gasteiger partial charge in [-0.15, -0.1) is 0 Å². The first-order chi connectivity index (χ1) is 10.1. The second kappa shape index (κ2) is 7.20. The number of halogens is 1. The molecule has 0 heterocycles. The molecule has 3 unspecified atom stereocenters. The maximum atomic E-state index is 10.9. The van der Waals surface area contributed by atoms with Crippen molar-refractivity contribution in [1.82, 2.24) is 5.32 Å². The van der Waals surface area contributed by atoms with Gasteiger partial charge in [0.05, 0.1) is 4.92 Å². The van der Waals surface area contributed by atoms with E-state index in [0.29, 0.717) is 16.8 Å². The maximum absolute atomic E-state index is 10.9. The third kappa shape index (κ3) is 3.53. The fourth-order valence-corrected chi connectivity index (χ4v) is 2.85. The molecule has 1 aromatic rings. The van der Waals surface area contributed by atoms with E-state index in [-0.39, 0.29) is 23.9 Å². The SMILES string of the molecule is CCCOC1C(NC)CC1Oc1cccc([N+](=O)[O-])c1Br. The molecule has 7 heteroatoms. The first-order valence-electron chi connectivity index (χ1n) is 6.96. The molecule has 0 amide bonds. The van der Waals surface area contributed by atoms with Crippen LogP contribution >= 0.6 is 15.9 Å². The highest BCUT2D eigenvalue weighted by Crippen LogP contribution is 2.37. The summed E-state index contributed by atoms with van der Waals surface area (Å²) >= 11 is 3.25. The predicted molar refractivity (Wildman–Crippen MR) is 82.7 cm³/mol. The molecule has 1 N–H and O–H groups in total. The second-order valence-corrected chi connectivity index (χ2v) is 5.76. The van der Waals surface area contributed by atoms with Crippen LogP contribution in [0.25, 0.3) is 0 Å². The Balaban J connectivity index is 2.08. The first kappa shape index (κ1) is 16.2. The maximum Gasteiger partial charge on any atom is 0.287 e. The summed E-state index contributed by atoms with van der Waals surface area (Å²) in [6.07, 6.45) is 1.65. The summed E-state index contributed by atoms with van der Waals surface area (Å²) in [7, 11) is 1.90. The van der Waals surface area contributed by atoms with Crippen molar-refractivity contribution >= 4 is 21.6 Å². The third-order valence-electron chi connectivity index (χ3n) is 3.55. The molecule has 6 nitrogen and oxygen atoms in total. The van der Waals surface area contributed by atoms with Gasteiger partial charge in [-0.3, -0.25) is 10.1 Å². The summed E-state index contributed by atoms with van der Waals surface area (Å²) in [5.74, 6) is 0.480. The van der Waals surface area contributed by atoms with Crippen LogP contribution < -0.4 is 10.1 Å². The molecule has 21 heavy (non-hydrogen) atoms. The molecule has 0 radical (unpaired) electrons. The molecular formula is C14H19BrN2O4. The average molecular weight is 359 g/mol. The molecule has 0 saturated heterocycles. The average Bonchev–Trinajstić information content (AvgIpc) is 2.44. The quantitative estimate of drug-likeness (QED) is 0.599. The second-order valence-electron chi connectivity index (χ2n) is 4.97. The van der Waals surface area contributed by atoms with E-state index in [9.17, 15) is 10.1 Å². The van der Waals surface area contributed by atoms with E-state index in [1.165, 1.54) is 6.07 Å². The Morgan fingerprint density at radius 1 is 1.52 bits per heavy atom. The van der Waals surface area contributed by atoms with Crippen molar-refractivity contribution in [2.75, 3.05) is 13.7 Å². The summed E-state index contributed by atoms with van der Waals surface area (Å²) in [6.45, 7) is 2.73. The highest BCUT2D eigenvalue weighted by atomic mass is 79.9. The summed E-state index contributed by atoms with van der Waals surface area (Å²) < 4.78 is 12.1. The van der Waals surface area contributed by atoms with Crippen LogP contribution in [0, 0.1) is 10.1 Å². The van der Waals surface area contributed by atoms with Gasteiger partial charge in [0.1, 0.15) is 22.4 Å². The topological polar surface area (TPSA) is 73.6 Å². The molecule has 0 aliphatic heterocycles. The third-order valence-corrected chi connectivity index (χ3v) is 4.35. The molecule has 0 spiro atoms. The van der Waals surface area contributed by atoms with Crippen molar-refractivity contribution in [3.8, 4) is 5.75 Å². The number of nitrogens with zero attached hydrogens (tertiary/aromatic N) is 1. The lowest BCUT2D eigenvalue weighted by molar-refractivity contribution is -0.385. The van der Waals surface area contributed by atoms with E-state index >= 15 is 0 Å². The Bertz CT molecular complexity index is 512. The van der Waals surface area contributed by atoms with Gasteiger partial charge in [-0.05, 0) is 35.5 Å². The van der Waals surface area contributed by atoms with Crippen LogP contribution in [-0.2, 0) is 4.74 Å². The van der Waals surface area contributed by atoms with Crippen LogP contribution in [0.1, 0.15) is 19.8 Å². The number of likely N-dealkylation sites (N-methyl/N-ethyl adjacent to an activating group) is 1. The fourth-order valence-electron chi connectivity index (χ4n) is 2.35. The normalized spacial score (nSPS) is 24.4. The molecule has 1 saturated carbocycles. The Labute approximate surface area is 132 Å². The van der Waals surface area contributed by atoms with E-state index in [0.717, 1.165) is 12.8 Å². The molecule has 1 aliphatic rings. The van der Waals surface area contributed by atoms with Gasteiger partial charge in [-0.2, -0.15) is 0 Å². The van der Waals surface area contributed by atoms with E-state index in [1.54, 1.807) is 12.1 Å². The standard InChI is InChI=1S/C14H19BrN2O4/c1-3-7-20-14-9(16-2)8-12(14)21-11-6-4-5-10(13(11)15)17(18)19/h4-6,9,12,14,16H,3,7-8H2,1-2H3. The van der Waals surface area contributed by atoms with Gasteiger partial charge in [0.2, 0.25) is 0 Å². The van der Waals surface area contributed by atoms with Crippen LogP contribution in [0.5, 0.6) is 5.75 Å². The first-order valence-corrected chi connectivity index (χ1v) is 7.76. The number of rotatable bonds is 7. The lowest BCUT2D eigenvalue weighted by atomic mass is 9.85. The molecule has 1 aromatic carbocycles. The summed E-state index contributed by atoms with van der Waals surface area (Å²) in [6, 6.07) is 5.05. The number of hydrogen-bond donors (Lipinski definition) is 1. The fraction of sp³-hybridized carbons (Fsp3) is 0.571. The molecule has 1 fully saturated rings. The minimum Gasteiger partial charge on any atom is -0.486 e. The van der Waals surface area contributed by atoms with Crippen molar-refractivity contribution in [3.63, 3.8) is 0 Å². The highest BCUT2D eigenvalue weighted by molar-refractivity contribution is 9.10. The van der Waals surface area contributed by atoms with Crippen LogP contribution in [0.4, 0.5) is 5.69 Å². The molecular weight excluding hydrogens is 340 g/mol. The van der Waals surface area contributed by atoms with Crippen LogP contribution in [0.3, 0.4) is 0 Å². The van der Waals surface area contributed by atoms with Gasteiger partial charge in [0, 0.05) is 25.1 Å².